The molecule has 9 aromatic carbocycles. The van der Waals surface area contributed by atoms with Crippen LogP contribution in [0.4, 0.5) is 0 Å². The SMILES string of the molecule is c1ccc(-c2cc(-c3ccc(-c4ccc5cc6c(cc5c4)C4(c5ccccc5-c5ccccc54)c4c-6ccc5ccccc45)cc3)nc(-c3ccccc3)n2)cc1. The monoisotopic (exact) mass is 722 g/mol. The van der Waals surface area contributed by atoms with Gasteiger partial charge in [0.2, 0.25) is 0 Å². The minimum absolute atomic E-state index is 0.417. The van der Waals surface area contributed by atoms with Crippen LogP contribution in [0.1, 0.15) is 22.3 Å². The maximum absolute atomic E-state index is 5.07. The van der Waals surface area contributed by atoms with E-state index in [9.17, 15) is 0 Å². The van der Waals surface area contributed by atoms with Crippen LogP contribution >= 0.6 is 0 Å². The summed E-state index contributed by atoms with van der Waals surface area (Å²) in [6, 6.07) is 75.1. The first-order valence-electron chi connectivity index (χ1n) is 19.6. The van der Waals surface area contributed by atoms with E-state index in [1.165, 1.54) is 77.2 Å². The first kappa shape index (κ1) is 31.9. The van der Waals surface area contributed by atoms with Gasteiger partial charge in [0, 0.05) is 16.7 Å². The lowest BCUT2D eigenvalue weighted by Crippen LogP contribution is -2.26. The molecule has 10 aromatic rings. The molecule has 57 heavy (non-hydrogen) atoms. The van der Waals surface area contributed by atoms with Gasteiger partial charge in [0.25, 0.3) is 0 Å². The van der Waals surface area contributed by atoms with Gasteiger partial charge in [-0.3, -0.25) is 0 Å². The molecule has 0 atom stereocenters. The summed E-state index contributed by atoms with van der Waals surface area (Å²) in [5.74, 6) is 0.721. The molecule has 0 fully saturated rings. The van der Waals surface area contributed by atoms with Crippen molar-refractivity contribution < 1.29 is 0 Å². The first-order chi connectivity index (χ1) is 28.2. The molecule has 0 radical (unpaired) electrons. The van der Waals surface area contributed by atoms with Crippen molar-refractivity contribution in [3.8, 4) is 67.3 Å². The summed E-state index contributed by atoms with van der Waals surface area (Å²) in [5.41, 5.74) is 17.7. The Morgan fingerprint density at radius 2 is 0.860 bits per heavy atom. The molecular weight excluding hydrogens is 689 g/mol. The molecule has 12 rings (SSSR count). The van der Waals surface area contributed by atoms with Crippen LogP contribution in [0.5, 0.6) is 0 Å². The molecule has 0 bridgehead atoms. The van der Waals surface area contributed by atoms with E-state index in [0.717, 1.165) is 33.9 Å². The van der Waals surface area contributed by atoms with Crippen LogP contribution < -0.4 is 0 Å². The van der Waals surface area contributed by atoms with Crippen LogP contribution in [0.15, 0.2) is 206 Å². The Balaban J connectivity index is 1.00. The van der Waals surface area contributed by atoms with Gasteiger partial charge in [-0.1, -0.05) is 182 Å². The van der Waals surface area contributed by atoms with E-state index in [2.05, 4.69) is 182 Å². The molecule has 0 saturated carbocycles. The van der Waals surface area contributed by atoms with Gasteiger partial charge in [0.1, 0.15) is 0 Å². The van der Waals surface area contributed by atoms with Crippen molar-refractivity contribution >= 4 is 21.5 Å². The Kier molecular flexibility index (Phi) is 6.88. The number of aromatic nitrogens is 2. The van der Waals surface area contributed by atoms with Gasteiger partial charge in [-0.25, -0.2) is 9.97 Å². The fourth-order valence-electron chi connectivity index (χ4n) is 9.74. The van der Waals surface area contributed by atoms with Crippen molar-refractivity contribution in [1.82, 2.24) is 9.97 Å². The van der Waals surface area contributed by atoms with Crippen LogP contribution in [-0.4, -0.2) is 9.97 Å². The molecule has 2 aliphatic carbocycles. The maximum atomic E-state index is 5.07. The second kappa shape index (κ2) is 12.3. The quantitative estimate of drug-likeness (QED) is 0.181. The van der Waals surface area contributed by atoms with E-state index in [4.69, 9.17) is 9.97 Å². The van der Waals surface area contributed by atoms with Crippen LogP contribution in [0, 0.1) is 0 Å². The van der Waals surface area contributed by atoms with Crippen LogP contribution in [0.3, 0.4) is 0 Å². The van der Waals surface area contributed by atoms with E-state index in [-0.39, 0.29) is 0 Å². The van der Waals surface area contributed by atoms with Gasteiger partial charge in [-0.05, 0) is 101 Å². The minimum Gasteiger partial charge on any atom is -0.228 e. The van der Waals surface area contributed by atoms with E-state index >= 15 is 0 Å². The van der Waals surface area contributed by atoms with Crippen molar-refractivity contribution in [3.05, 3.63) is 229 Å². The molecule has 0 saturated heterocycles. The van der Waals surface area contributed by atoms with Crippen molar-refractivity contribution in [2.75, 3.05) is 0 Å². The molecule has 1 heterocycles. The number of benzene rings is 9. The Morgan fingerprint density at radius 3 is 1.58 bits per heavy atom. The largest absolute Gasteiger partial charge is 0.228 e. The maximum Gasteiger partial charge on any atom is 0.160 e. The molecule has 2 aliphatic rings. The smallest absolute Gasteiger partial charge is 0.160 e. The summed E-state index contributed by atoms with van der Waals surface area (Å²) in [6.45, 7) is 0. The summed E-state index contributed by atoms with van der Waals surface area (Å²) in [4.78, 5) is 10.1. The minimum atomic E-state index is -0.417. The normalized spacial score (nSPS) is 13.1. The highest BCUT2D eigenvalue weighted by atomic mass is 14.9. The number of rotatable bonds is 4. The Labute approximate surface area is 331 Å². The van der Waals surface area contributed by atoms with E-state index in [0.29, 0.717) is 0 Å². The number of hydrogen-bond acceptors (Lipinski definition) is 2. The highest BCUT2D eigenvalue weighted by Crippen LogP contribution is 2.64. The lowest BCUT2D eigenvalue weighted by Gasteiger charge is -2.31. The zero-order valence-corrected chi connectivity index (χ0v) is 31.0. The third-order valence-corrected chi connectivity index (χ3v) is 12.3. The molecule has 2 nitrogen and oxygen atoms in total. The summed E-state index contributed by atoms with van der Waals surface area (Å²) in [6.07, 6.45) is 0. The van der Waals surface area contributed by atoms with Crippen molar-refractivity contribution in [3.63, 3.8) is 0 Å². The van der Waals surface area contributed by atoms with Gasteiger partial charge in [0.05, 0.1) is 16.8 Å². The second-order valence-electron chi connectivity index (χ2n) is 15.3. The van der Waals surface area contributed by atoms with Crippen molar-refractivity contribution in [1.29, 1.82) is 0 Å². The number of nitrogens with zero attached hydrogens (tertiary/aromatic N) is 2. The summed E-state index contributed by atoms with van der Waals surface area (Å²) in [7, 11) is 0. The van der Waals surface area contributed by atoms with Crippen molar-refractivity contribution in [2.24, 2.45) is 0 Å². The average molecular weight is 723 g/mol. The Morgan fingerprint density at radius 1 is 0.298 bits per heavy atom. The predicted molar refractivity (Wildman–Crippen MR) is 235 cm³/mol. The molecule has 264 valence electrons. The van der Waals surface area contributed by atoms with Gasteiger partial charge < -0.3 is 0 Å². The lowest BCUT2D eigenvalue weighted by atomic mass is 9.69. The molecule has 0 N–H and O–H groups in total. The standard InChI is InChI=1S/C55H34N2/c1-3-14-37(15-4-1)51-34-52(57-54(56-51)39-16-5-2-6-17-39)38-25-23-35(24-26-38)40-27-28-41-32-47-46-30-29-36-13-7-8-18-43(36)53(46)55(50(47)33-42(41)31-40)48-21-11-9-19-44(48)45-20-10-12-22-49(45)55/h1-34H. The topological polar surface area (TPSA) is 25.8 Å². The van der Waals surface area contributed by atoms with Gasteiger partial charge in [0.15, 0.2) is 5.82 Å². The second-order valence-corrected chi connectivity index (χ2v) is 15.3. The predicted octanol–water partition coefficient (Wildman–Crippen LogP) is 13.8. The number of hydrogen-bond donors (Lipinski definition) is 0. The third kappa shape index (κ3) is 4.71. The molecule has 2 heteroatoms. The fourth-order valence-corrected chi connectivity index (χ4v) is 9.74. The zero-order chi connectivity index (χ0) is 37.5. The van der Waals surface area contributed by atoms with Gasteiger partial charge in [-0.2, -0.15) is 0 Å². The average Bonchev–Trinajstić information content (AvgIpc) is 3.75. The van der Waals surface area contributed by atoms with Crippen LogP contribution in [-0.2, 0) is 5.41 Å². The van der Waals surface area contributed by atoms with Crippen LogP contribution in [0.25, 0.3) is 88.8 Å². The molecule has 0 amide bonds. The molecular formula is C55H34N2. The Hall–Kier alpha value is -7.42. The van der Waals surface area contributed by atoms with E-state index in [1.54, 1.807) is 0 Å². The fraction of sp³-hybridized carbons (Fsp3) is 0.0182. The summed E-state index contributed by atoms with van der Waals surface area (Å²) in [5, 5.41) is 5.07. The summed E-state index contributed by atoms with van der Waals surface area (Å²) >= 11 is 0. The summed E-state index contributed by atoms with van der Waals surface area (Å²) < 4.78 is 0. The molecule has 1 spiro atoms. The van der Waals surface area contributed by atoms with E-state index in [1.807, 2.05) is 24.3 Å². The molecule has 0 unspecified atom stereocenters. The van der Waals surface area contributed by atoms with Gasteiger partial charge >= 0.3 is 0 Å². The molecule has 0 aliphatic heterocycles. The highest BCUT2D eigenvalue weighted by molar-refractivity contribution is 6.06. The van der Waals surface area contributed by atoms with Crippen LogP contribution in [0.2, 0.25) is 0 Å². The lowest BCUT2D eigenvalue weighted by molar-refractivity contribution is 0.802. The number of fused-ring (bicyclic) bond motifs is 13. The van der Waals surface area contributed by atoms with Crippen molar-refractivity contribution in [2.45, 2.75) is 5.41 Å². The first-order valence-corrected chi connectivity index (χ1v) is 19.6. The molecule has 1 aromatic heterocycles. The zero-order valence-electron chi connectivity index (χ0n) is 31.0. The highest BCUT2D eigenvalue weighted by Gasteiger charge is 2.52. The van der Waals surface area contributed by atoms with E-state index < -0.39 is 5.41 Å². The van der Waals surface area contributed by atoms with Gasteiger partial charge in [-0.15, -0.1) is 0 Å². The third-order valence-electron chi connectivity index (χ3n) is 12.3. The Bertz CT molecular complexity index is 3110.